The van der Waals surface area contributed by atoms with Crippen LogP contribution in [0.3, 0.4) is 0 Å². The Labute approximate surface area is 267 Å². The van der Waals surface area contributed by atoms with Gasteiger partial charge in [-0.25, -0.2) is 0 Å². The number of nitrogens with one attached hydrogen (secondary N) is 1. The molecule has 0 saturated heterocycles. The number of amides is 2. The van der Waals surface area contributed by atoms with Crippen LogP contribution in [-0.2, 0) is 20.7 Å². The van der Waals surface area contributed by atoms with E-state index in [-0.39, 0.29) is 46.1 Å². The number of hydrogen-bond donors (Lipinski definition) is 4. The molecule has 2 aromatic rings. The van der Waals surface area contributed by atoms with Gasteiger partial charge in [-0.05, 0) is 91.7 Å². The van der Waals surface area contributed by atoms with Gasteiger partial charge in [-0.15, -0.1) is 0 Å². The summed E-state index contributed by atoms with van der Waals surface area (Å²) in [6.45, 7) is 10.4. The third-order valence-corrected chi connectivity index (χ3v) is 10.0. The summed E-state index contributed by atoms with van der Waals surface area (Å²) < 4.78 is 10.7. The summed E-state index contributed by atoms with van der Waals surface area (Å²) in [6.07, 6.45) is 9.65. The highest BCUT2D eigenvalue weighted by Crippen LogP contribution is 2.56. The fourth-order valence-electron chi connectivity index (χ4n) is 7.42. The van der Waals surface area contributed by atoms with E-state index in [2.05, 4.69) is 39.1 Å². The van der Waals surface area contributed by atoms with Gasteiger partial charge in [0, 0.05) is 18.8 Å². The molecule has 2 aliphatic carbocycles. The lowest BCUT2D eigenvalue weighted by Crippen LogP contribution is -2.48. The second-order valence-electron chi connectivity index (χ2n) is 12.8. The number of primary amides is 1. The number of rotatable bonds is 11. The molecule has 5 atom stereocenters. The van der Waals surface area contributed by atoms with Gasteiger partial charge in [-0.1, -0.05) is 53.0 Å². The number of nitrogens with two attached hydrogens (primary N) is 1. The van der Waals surface area contributed by atoms with Gasteiger partial charge in [0.1, 0.15) is 23.2 Å². The first-order valence-corrected chi connectivity index (χ1v) is 16.4. The lowest BCUT2D eigenvalue weighted by Gasteiger charge is -2.53. The molecule has 0 heterocycles. The molecule has 5 N–H and O–H groups in total. The Hall–Kier alpha value is -3.75. The monoisotopic (exact) mass is 624 g/mol. The number of carbonyl (C=O) groups is 3. The summed E-state index contributed by atoms with van der Waals surface area (Å²) in [6, 6.07) is 8.85. The number of anilines is 1. The Morgan fingerprint density at radius 2 is 1.82 bits per heavy atom. The largest absolute Gasteiger partial charge is 0.508 e. The van der Waals surface area contributed by atoms with E-state index in [1.165, 1.54) is 37.3 Å². The predicted molar refractivity (Wildman–Crippen MR) is 176 cm³/mol. The third-order valence-electron chi connectivity index (χ3n) is 10.0. The van der Waals surface area contributed by atoms with Gasteiger partial charge in [-0.2, -0.15) is 0 Å². The Balaban J connectivity index is 0.000000248. The lowest BCUT2D eigenvalue weighted by molar-refractivity contribution is -0.160. The van der Waals surface area contributed by atoms with Crippen LogP contribution < -0.4 is 15.8 Å². The van der Waals surface area contributed by atoms with E-state index in [4.69, 9.17) is 15.2 Å². The van der Waals surface area contributed by atoms with E-state index in [9.17, 15) is 24.6 Å². The SMILES string of the molecule is CCC(OC(C)=O)C1(C)CCC2c3ccc(O)cc3CCC2C1C.CCCCCCC(=O)Nc1ccc(OC)c(C(N)=O)c1O. The molecule has 2 aliphatic rings. The topological polar surface area (TPSA) is 148 Å². The van der Waals surface area contributed by atoms with Crippen LogP contribution in [0.1, 0.15) is 120 Å². The minimum absolute atomic E-state index is 0.00663. The van der Waals surface area contributed by atoms with Gasteiger partial charge in [-0.3, -0.25) is 14.4 Å². The molecule has 0 spiro atoms. The minimum atomic E-state index is -0.816. The number of carbonyl (C=O) groups excluding carboxylic acids is 3. The molecule has 5 unspecified atom stereocenters. The minimum Gasteiger partial charge on any atom is -0.508 e. The molecule has 45 heavy (non-hydrogen) atoms. The van der Waals surface area contributed by atoms with Crippen LogP contribution in [0, 0.1) is 17.3 Å². The average Bonchev–Trinajstić information content (AvgIpc) is 3.00. The van der Waals surface area contributed by atoms with Crippen molar-refractivity contribution in [2.24, 2.45) is 23.0 Å². The molecule has 1 fully saturated rings. The van der Waals surface area contributed by atoms with E-state index in [0.717, 1.165) is 57.8 Å². The number of fused-ring (bicyclic) bond motifs is 3. The summed E-state index contributed by atoms with van der Waals surface area (Å²) >= 11 is 0. The van der Waals surface area contributed by atoms with Gasteiger partial charge < -0.3 is 30.7 Å². The first kappa shape index (κ1) is 35.7. The first-order valence-electron chi connectivity index (χ1n) is 16.4. The fraction of sp³-hybridized carbons (Fsp3) is 0.583. The van der Waals surface area contributed by atoms with Crippen LogP contribution in [0.5, 0.6) is 17.2 Å². The van der Waals surface area contributed by atoms with Crippen molar-refractivity contribution in [3.05, 3.63) is 47.0 Å². The lowest BCUT2D eigenvalue weighted by atomic mass is 9.53. The molecule has 2 aromatic carbocycles. The van der Waals surface area contributed by atoms with Gasteiger partial charge in [0.05, 0.1) is 12.8 Å². The van der Waals surface area contributed by atoms with Crippen LogP contribution in [0.15, 0.2) is 30.3 Å². The van der Waals surface area contributed by atoms with Crippen molar-refractivity contribution in [2.75, 3.05) is 12.4 Å². The molecular formula is C36H52N2O7. The Kier molecular flexibility index (Phi) is 12.7. The molecule has 1 saturated carbocycles. The van der Waals surface area contributed by atoms with E-state index in [1.54, 1.807) is 0 Å². The van der Waals surface area contributed by atoms with Gasteiger partial charge >= 0.3 is 5.97 Å². The zero-order valence-electron chi connectivity index (χ0n) is 27.8. The summed E-state index contributed by atoms with van der Waals surface area (Å²) in [5.41, 5.74) is 8.03. The maximum atomic E-state index is 11.8. The fourth-order valence-corrected chi connectivity index (χ4v) is 7.42. The van der Waals surface area contributed by atoms with Crippen LogP contribution >= 0.6 is 0 Å². The summed E-state index contributed by atoms with van der Waals surface area (Å²) in [5.74, 6) is 0.707. The van der Waals surface area contributed by atoms with Crippen molar-refractivity contribution >= 4 is 23.5 Å². The number of ether oxygens (including phenoxy) is 2. The second-order valence-corrected chi connectivity index (χ2v) is 12.8. The molecule has 9 heteroatoms. The van der Waals surface area contributed by atoms with Crippen molar-refractivity contribution in [3.8, 4) is 17.2 Å². The molecule has 4 rings (SSSR count). The van der Waals surface area contributed by atoms with Crippen LogP contribution in [0.4, 0.5) is 5.69 Å². The number of hydrogen-bond acceptors (Lipinski definition) is 7. The molecule has 248 valence electrons. The number of unbranched alkanes of at least 4 members (excludes halogenated alkanes) is 3. The van der Waals surface area contributed by atoms with E-state index in [0.29, 0.717) is 29.9 Å². The third kappa shape index (κ3) is 8.50. The zero-order chi connectivity index (χ0) is 33.3. The number of methoxy groups -OCH3 is 1. The molecule has 0 bridgehead atoms. The van der Waals surface area contributed by atoms with Gasteiger partial charge in [0.2, 0.25) is 5.91 Å². The van der Waals surface area contributed by atoms with Crippen molar-refractivity contribution in [1.29, 1.82) is 0 Å². The normalized spacial score (nSPS) is 22.5. The van der Waals surface area contributed by atoms with E-state index in [1.807, 2.05) is 12.1 Å². The highest BCUT2D eigenvalue weighted by Gasteiger charge is 2.50. The molecule has 2 amide bonds. The van der Waals surface area contributed by atoms with Crippen LogP contribution in [0.25, 0.3) is 0 Å². The average molecular weight is 625 g/mol. The maximum Gasteiger partial charge on any atom is 0.302 e. The molecule has 0 aromatic heterocycles. The highest BCUT2D eigenvalue weighted by molar-refractivity contribution is 6.02. The zero-order valence-corrected chi connectivity index (χ0v) is 27.8. The number of benzene rings is 2. The van der Waals surface area contributed by atoms with Crippen molar-refractivity contribution in [1.82, 2.24) is 0 Å². The van der Waals surface area contributed by atoms with Crippen molar-refractivity contribution < 1.29 is 34.1 Å². The van der Waals surface area contributed by atoms with Crippen LogP contribution in [0.2, 0.25) is 0 Å². The summed E-state index contributed by atoms with van der Waals surface area (Å²) in [5, 5.41) is 22.4. The van der Waals surface area contributed by atoms with Crippen molar-refractivity contribution in [2.45, 2.75) is 111 Å². The quantitative estimate of drug-likeness (QED) is 0.117. The van der Waals surface area contributed by atoms with E-state index >= 15 is 0 Å². The maximum absolute atomic E-state index is 11.8. The summed E-state index contributed by atoms with van der Waals surface area (Å²) in [7, 11) is 1.37. The number of phenols is 2. The molecule has 9 nitrogen and oxygen atoms in total. The number of esters is 1. The van der Waals surface area contributed by atoms with Crippen LogP contribution in [-0.4, -0.2) is 41.2 Å². The number of aromatic hydroxyl groups is 2. The van der Waals surface area contributed by atoms with Gasteiger partial charge in [0.25, 0.3) is 5.91 Å². The van der Waals surface area contributed by atoms with E-state index < -0.39 is 5.91 Å². The van der Waals surface area contributed by atoms with Gasteiger partial charge in [0.15, 0.2) is 5.75 Å². The molecule has 0 aliphatic heterocycles. The predicted octanol–water partition coefficient (Wildman–Crippen LogP) is 7.22. The standard InChI is InChI=1S/C21H30O3.C15H22N2O4/c1-5-20(24-14(3)22)21(4)11-10-19-17(13(21)2)8-6-15-12-16(23)7-9-18(15)19;1-3-4-5-6-7-12(18)17-10-8-9-11(21-2)13(14(10)19)15(16)20/h7,9,12-13,17,19-20,23H,5-6,8,10-11H2,1-4H3;8-9,19H,3-7H2,1-2H3,(H2,16,20)(H,17,18). The molecular weight excluding hydrogens is 572 g/mol. The first-order chi connectivity index (χ1) is 21.4. The van der Waals surface area contributed by atoms with Crippen molar-refractivity contribution in [3.63, 3.8) is 0 Å². The smallest absolute Gasteiger partial charge is 0.302 e. The Morgan fingerprint density at radius 3 is 2.44 bits per heavy atom. The second kappa shape index (κ2) is 16.0. The Morgan fingerprint density at radius 1 is 1.09 bits per heavy atom. The highest BCUT2D eigenvalue weighted by atomic mass is 16.5. The number of aryl methyl sites for hydroxylation is 1. The molecule has 0 radical (unpaired) electrons. The Bertz CT molecular complexity index is 1340. The summed E-state index contributed by atoms with van der Waals surface area (Å²) in [4.78, 5) is 34.7. The number of phenolic OH excluding ortho intramolecular Hbond substituents is 1.